The van der Waals surface area contributed by atoms with Gasteiger partial charge >= 0.3 is 6.03 Å². The van der Waals surface area contributed by atoms with Crippen molar-refractivity contribution in [2.45, 2.75) is 50.6 Å². The minimum atomic E-state index is 0.180. The Morgan fingerprint density at radius 2 is 1.71 bits per heavy atom. The largest absolute Gasteiger partial charge is 0.334 e. The highest BCUT2D eigenvalue weighted by molar-refractivity contribution is 5.74. The number of likely N-dealkylation sites (tertiary alicyclic amines) is 1. The van der Waals surface area contributed by atoms with Gasteiger partial charge in [-0.25, -0.2) is 4.79 Å². The van der Waals surface area contributed by atoms with Crippen LogP contribution in [0.3, 0.4) is 0 Å². The van der Waals surface area contributed by atoms with Crippen LogP contribution in [0.25, 0.3) is 0 Å². The van der Waals surface area contributed by atoms with Gasteiger partial charge < -0.3 is 10.2 Å². The molecule has 3 saturated heterocycles. The molecule has 3 heterocycles. The van der Waals surface area contributed by atoms with E-state index < -0.39 is 0 Å². The van der Waals surface area contributed by atoms with Gasteiger partial charge in [0, 0.05) is 31.7 Å². The number of carbonyl (C=O) groups excluding carboxylic acids is 1. The summed E-state index contributed by atoms with van der Waals surface area (Å²) in [5, 5.41) is 3.27. The van der Waals surface area contributed by atoms with Crippen molar-refractivity contribution >= 4 is 6.03 Å². The molecule has 96 valence electrons. The standard InChI is InChI=1S/C13H23N3O/c17-13(16-8-3-4-9-16)14-11-6-10-15-7-2-1-5-12(11)15/h11-12H,1-10H2,(H,14,17). The predicted molar refractivity (Wildman–Crippen MR) is 67.0 cm³/mol. The van der Waals surface area contributed by atoms with Crippen molar-refractivity contribution < 1.29 is 4.79 Å². The molecule has 2 unspecified atom stereocenters. The van der Waals surface area contributed by atoms with E-state index in [0.29, 0.717) is 12.1 Å². The van der Waals surface area contributed by atoms with Crippen molar-refractivity contribution in [1.82, 2.24) is 15.1 Å². The molecule has 0 aromatic carbocycles. The molecule has 1 N–H and O–H groups in total. The first-order valence-corrected chi connectivity index (χ1v) is 7.14. The van der Waals surface area contributed by atoms with Gasteiger partial charge in [-0.2, -0.15) is 0 Å². The van der Waals surface area contributed by atoms with Crippen molar-refractivity contribution in [2.75, 3.05) is 26.2 Å². The summed E-state index contributed by atoms with van der Waals surface area (Å²) in [6.45, 7) is 4.32. The Morgan fingerprint density at radius 1 is 0.941 bits per heavy atom. The van der Waals surface area contributed by atoms with Crippen molar-refractivity contribution in [1.29, 1.82) is 0 Å². The quantitative estimate of drug-likeness (QED) is 0.748. The number of carbonyl (C=O) groups is 1. The van der Waals surface area contributed by atoms with Gasteiger partial charge in [-0.1, -0.05) is 6.42 Å². The van der Waals surface area contributed by atoms with Crippen LogP contribution in [0.15, 0.2) is 0 Å². The molecule has 4 heteroatoms. The first-order chi connectivity index (χ1) is 8.34. The van der Waals surface area contributed by atoms with Gasteiger partial charge in [0.1, 0.15) is 0 Å². The summed E-state index contributed by atoms with van der Waals surface area (Å²) < 4.78 is 0. The summed E-state index contributed by atoms with van der Waals surface area (Å²) in [6, 6.07) is 1.21. The van der Waals surface area contributed by atoms with Crippen molar-refractivity contribution in [2.24, 2.45) is 0 Å². The lowest BCUT2D eigenvalue weighted by atomic mass is 9.99. The zero-order chi connectivity index (χ0) is 11.7. The van der Waals surface area contributed by atoms with Gasteiger partial charge in [-0.3, -0.25) is 4.90 Å². The van der Waals surface area contributed by atoms with Crippen LogP contribution in [0.2, 0.25) is 0 Å². The Labute approximate surface area is 103 Å². The van der Waals surface area contributed by atoms with Crippen LogP contribution in [-0.4, -0.2) is 54.1 Å². The summed E-state index contributed by atoms with van der Waals surface area (Å²) in [5.74, 6) is 0. The van der Waals surface area contributed by atoms with Gasteiger partial charge in [-0.15, -0.1) is 0 Å². The Balaban J connectivity index is 1.56. The molecule has 0 saturated carbocycles. The number of amides is 2. The van der Waals surface area contributed by atoms with Crippen LogP contribution in [0.5, 0.6) is 0 Å². The third-order valence-corrected chi connectivity index (χ3v) is 4.56. The van der Waals surface area contributed by atoms with E-state index in [4.69, 9.17) is 0 Å². The lowest BCUT2D eigenvalue weighted by Crippen LogP contribution is -2.50. The Morgan fingerprint density at radius 3 is 2.53 bits per heavy atom. The molecule has 0 bridgehead atoms. The molecule has 3 fully saturated rings. The van der Waals surface area contributed by atoms with E-state index in [9.17, 15) is 4.79 Å². The first-order valence-electron chi connectivity index (χ1n) is 7.14. The molecule has 3 aliphatic heterocycles. The Hall–Kier alpha value is -0.770. The second-order valence-corrected chi connectivity index (χ2v) is 5.64. The number of nitrogens with zero attached hydrogens (tertiary/aromatic N) is 2. The average Bonchev–Trinajstić information content (AvgIpc) is 2.98. The number of nitrogens with one attached hydrogen (secondary N) is 1. The molecule has 0 radical (unpaired) electrons. The molecule has 2 atom stereocenters. The summed E-state index contributed by atoms with van der Waals surface area (Å²) in [5.41, 5.74) is 0. The highest BCUT2D eigenvalue weighted by Crippen LogP contribution is 2.27. The van der Waals surface area contributed by atoms with E-state index in [0.717, 1.165) is 19.5 Å². The monoisotopic (exact) mass is 237 g/mol. The fraction of sp³-hybridized carbons (Fsp3) is 0.923. The topological polar surface area (TPSA) is 35.6 Å². The van der Waals surface area contributed by atoms with Crippen LogP contribution in [-0.2, 0) is 0 Å². The molecule has 0 aliphatic carbocycles. The number of hydrogen-bond acceptors (Lipinski definition) is 2. The fourth-order valence-corrected chi connectivity index (χ4v) is 3.59. The average molecular weight is 237 g/mol. The van der Waals surface area contributed by atoms with Crippen molar-refractivity contribution in [3.05, 3.63) is 0 Å². The van der Waals surface area contributed by atoms with Gasteiger partial charge in [0.2, 0.25) is 0 Å². The van der Waals surface area contributed by atoms with Gasteiger partial charge in [0.15, 0.2) is 0 Å². The molecule has 0 aromatic rings. The van der Waals surface area contributed by atoms with Gasteiger partial charge in [0.05, 0.1) is 0 Å². The molecule has 3 rings (SSSR count). The third-order valence-electron chi connectivity index (χ3n) is 4.56. The minimum Gasteiger partial charge on any atom is -0.334 e. The lowest BCUT2D eigenvalue weighted by molar-refractivity contribution is 0.171. The number of piperidine rings is 1. The summed E-state index contributed by atoms with van der Waals surface area (Å²) >= 11 is 0. The fourth-order valence-electron chi connectivity index (χ4n) is 3.59. The van der Waals surface area contributed by atoms with Gasteiger partial charge in [0.25, 0.3) is 0 Å². The van der Waals surface area contributed by atoms with E-state index in [2.05, 4.69) is 10.2 Å². The first kappa shape index (κ1) is 11.3. The molecular formula is C13H23N3O. The van der Waals surface area contributed by atoms with Gasteiger partial charge in [-0.05, 0) is 38.6 Å². The van der Waals surface area contributed by atoms with Crippen molar-refractivity contribution in [3.8, 4) is 0 Å². The predicted octanol–water partition coefficient (Wildman–Crippen LogP) is 1.42. The number of hydrogen-bond donors (Lipinski definition) is 1. The van der Waals surface area contributed by atoms with E-state index in [1.54, 1.807) is 0 Å². The lowest BCUT2D eigenvalue weighted by Gasteiger charge is -2.33. The maximum atomic E-state index is 12.1. The molecule has 17 heavy (non-hydrogen) atoms. The zero-order valence-corrected chi connectivity index (χ0v) is 10.5. The maximum absolute atomic E-state index is 12.1. The number of urea groups is 1. The van der Waals surface area contributed by atoms with Crippen LogP contribution >= 0.6 is 0 Å². The van der Waals surface area contributed by atoms with E-state index >= 15 is 0 Å². The smallest absolute Gasteiger partial charge is 0.317 e. The molecule has 2 amide bonds. The Kier molecular flexibility index (Phi) is 3.23. The third kappa shape index (κ3) is 2.28. The van der Waals surface area contributed by atoms with E-state index in [-0.39, 0.29) is 6.03 Å². The SMILES string of the molecule is O=C(NC1CCN2CCCCC12)N1CCCC1. The Bertz CT molecular complexity index is 288. The molecule has 0 spiro atoms. The molecule has 0 aromatic heterocycles. The van der Waals surface area contributed by atoms with Crippen LogP contribution in [0.4, 0.5) is 4.79 Å². The summed E-state index contributed by atoms with van der Waals surface area (Å²) in [4.78, 5) is 16.6. The highest BCUT2D eigenvalue weighted by Gasteiger charge is 2.36. The summed E-state index contributed by atoms with van der Waals surface area (Å²) in [7, 11) is 0. The summed E-state index contributed by atoms with van der Waals surface area (Å²) in [6.07, 6.45) is 7.43. The van der Waals surface area contributed by atoms with Crippen molar-refractivity contribution in [3.63, 3.8) is 0 Å². The minimum absolute atomic E-state index is 0.180. The second kappa shape index (κ2) is 4.84. The molecule has 4 nitrogen and oxygen atoms in total. The number of fused-ring (bicyclic) bond motifs is 1. The van der Waals surface area contributed by atoms with Crippen LogP contribution < -0.4 is 5.32 Å². The van der Waals surface area contributed by atoms with E-state index in [1.807, 2.05) is 4.90 Å². The molecule has 3 aliphatic rings. The normalized spacial score (nSPS) is 33.8. The molecular weight excluding hydrogens is 214 g/mol. The van der Waals surface area contributed by atoms with E-state index in [1.165, 1.54) is 45.2 Å². The zero-order valence-electron chi connectivity index (χ0n) is 10.5. The van der Waals surface area contributed by atoms with Crippen LogP contribution in [0, 0.1) is 0 Å². The van der Waals surface area contributed by atoms with Crippen LogP contribution in [0.1, 0.15) is 38.5 Å². The maximum Gasteiger partial charge on any atom is 0.317 e. The highest BCUT2D eigenvalue weighted by atomic mass is 16.2. The number of rotatable bonds is 1. The second-order valence-electron chi connectivity index (χ2n) is 5.64.